The zero-order chi connectivity index (χ0) is 15.8. The van der Waals surface area contributed by atoms with Gasteiger partial charge in [0.2, 0.25) is 0 Å². The van der Waals surface area contributed by atoms with Crippen LogP contribution in [0.2, 0.25) is 0 Å². The molecule has 0 aliphatic carbocycles. The summed E-state index contributed by atoms with van der Waals surface area (Å²) in [6.45, 7) is 9.93. The lowest BCUT2D eigenvalue weighted by Crippen LogP contribution is -2.41. The van der Waals surface area contributed by atoms with Crippen molar-refractivity contribution in [1.29, 1.82) is 0 Å². The Bertz CT molecular complexity index is 477. The minimum atomic E-state index is 0. The van der Waals surface area contributed by atoms with Gasteiger partial charge in [-0.1, -0.05) is 6.92 Å². The molecule has 0 aromatic carbocycles. The standard InChI is InChI=1S/C16H29N5S.HI/c1-4-8-21-9-6-14(12-21)11-20-16(17-3)18-7-5-15-19-10-13(2)22-15;/h10,14H,4-9,11-12H2,1-3H3,(H2,17,18,20);1H. The van der Waals surface area contributed by atoms with Crippen LogP contribution < -0.4 is 10.6 Å². The molecule has 0 saturated carbocycles. The van der Waals surface area contributed by atoms with Crippen molar-refractivity contribution in [3.63, 3.8) is 0 Å². The van der Waals surface area contributed by atoms with Crippen LogP contribution in [0.1, 0.15) is 29.7 Å². The normalized spacial score (nSPS) is 18.7. The first-order valence-electron chi connectivity index (χ1n) is 8.29. The summed E-state index contributed by atoms with van der Waals surface area (Å²) < 4.78 is 0. The van der Waals surface area contributed by atoms with Crippen molar-refractivity contribution in [3.05, 3.63) is 16.1 Å². The molecule has 1 fully saturated rings. The number of thiazole rings is 1. The van der Waals surface area contributed by atoms with Crippen molar-refractivity contribution in [2.75, 3.05) is 39.8 Å². The van der Waals surface area contributed by atoms with Crippen LogP contribution in [0, 0.1) is 12.8 Å². The maximum Gasteiger partial charge on any atom is 0.191 e. The largest absolute Gasteiger partial charge is 0.356 e. The van der Waals surface area contributed by atoms with Crippen LogP contribution in [-0.4, -0.2) is 55.6 Å². The van der Waals surface area contributed by atoms with E-state index >= 15 is 0 Å². The molecular weight excluding hydrogens is 421 g/mol. The fourth-order valence-corrected chi connectivity index (χ4v) is 3.65. The van der Waals surface area contributed by atoms with E-state index in [2.05, 4.69) is 39.4 Å². The third-order valence-electron chi connectivity index (χ3n) is 3.99. The van der Waals surface area contributed by atoms with Gasteiger partial charge in [-0.2, -0.15) is 0 Å². The lowest BCUT2D eigenvalue weighted by molar-refractivity contribution is 0.324. The Kier molecular flexibility index (Phi) is 10.0. The molecule has 7 heteroatoms. The number of halogens is 1. The van der Waals surface area contributed by atoms with Gasteiger partial charge in [-0.25, -0.2) is 4.98 Å². The number of rotatable bonds is 7. The molecule has 5 nitrogen and oxygen atoms in total. The maximum atomic E-state index is 4.39. The molecule has 1 unspecified atom stereocenters. The average Bonchev–Trinajstić information content (AvgIpc) is 3.12. The number of aromatic nitrogens is 1. The van der Waals surface area contributed by atoms with Gasteiger partial charge in [0, 0.05) is 44.2 Å². The van der Waals surface area contributed by atoms with Crippen LogP contribution in [0.4, 0.5) is 0 Å². The highest BCUT2D eigenvalue weighted by Gasteiger charge is 2.21. The Morgan fingerprint density at radius 1 is 1.48 bits per heavy atom. The molecule has 1 aromatic rings. The first-order chi connectivity index (χ1) is 10.7. The Morgan fingerprint density at radius 2 is 2.30 bits per heavy atom. The molecule has 2 rings (SSSR count). The van der Waals surface area contributed by atoms with Crippen molar-refractivity contribution in [2.24, 2.45) is 10.9 Å². The van der Waals surface area contributed by atoms with Crippen LogP contribution >= 0.6 is 35.3 Å². The van der Waals surface area contributed by atoms with Crippen molar-refractivity contribution in [2.45, 2.75) is 33.1 Å². The zero-order valence-electron chi connectivity index (χ0n) is 14.5. The van der Waals surface area contributed by atoms with Gasteiger partial charge in [0.25, 0.3) is 0 Å². The second-order valence-electron chi connectivity index (χ2n) is 5.95. The van der Waals surface area contributed by atoms with Gasteiger partial charge in [-0.05, 0) is 38.8 Å². The second kappa shape index (κ2) is 11.2. The number of nitrogens with one attached hydrogen (secondary N) is 2. The second-order valence-corrected chi connectivity index (χ2v) is 7.27. The molecule has 132 valence electrons. The van der Waals surface area contributed by atoms with Crippen molar-refractivity contribution < 1.29 is 0 Å². The lowest BCUT2D eigenvalue weighted by atomic mass is 10.1. The molecule has 0 radical (unpaired) electrons. The third kappa shape index (κ3) is 7.34. The Hall–Kier alpha value is -0.410. The highest BCUT2D eigenvalue weighted by Crippen LogP contribution is 2.15. The summed E-state index contributed by atoms with van der Waals surface area (Å²) in [5, 5.41) is 8.03. The van der Waals surface area contributed by atoms with Gasteiger partial charge in [0.15, 0.2) is 5.96 Å². The minimum absolute atomic E-state index is 0. The molecule has 1 aliphatic rings. The average molecular weight is 451 g/mol. The highest BCUT2D eigenvalue weighted by atomic mass is 127. The highest BCUT2D eigenvalue weighted by molar-refractivity contribution is 14.0. The van der Waals surface area contributed by atoms with Gasteiger partial charge in [0.05, 0.1) is 5.01 Å². The molecule has 1 atom stereocenters. The van der Waals surface area contributed by atoms with Crippen molar-refractivity contribution >= 4 is 41.3 Å². The van der Waals surface area contributed by atoms with Gasteiger partial charge in [-0.3, -0.25) is 4.99 Å². The summed E-state index contributed by atoms with van der Waals surface area (Å²) in [7, 11) is 1.83. The molecule has 1 aromatic heterocycles. The molecule has 1 aliphatic heterocycles. The molecule has 0 amide bonds. The molecule has 0 bridgehead atoms. The number of aryl methyl sites for hydroxylation is 1. The first-order valence-corrected chi connectivity index (χ1v) is 9.11. The van der Waals surface area contributed by atoms with E-state index in [1.165, 1.54) is 42.4 Å². The van der Waals surface area contributed by atoms with E-state index in [9.17, 15) is 0 Å². The van der Waals surface area contributed by atoms with Crippen LogP contribution in [-0.2, 0) is 6.42 Å². The summed E-state index contributed by atoms with van der Waals surface area (Å²) in [5.74, 6) is 1.65. The number of aliphatic imine (C=N–C) groups is 1. The fourth-order valence-electron chi connectivity index (χ4n) is 2.87. The molecule has 1 saturated heterocycles. The number of hydrogen-bond acceptors (Lipinski definition) is 4. The maximum absolute atomic E-state index is 4.39. The smallest absolute Gasteiger partial charge is 0.191 e. The summed E-state index contributed by atoms with van der Waals surface area (Å²) in [6.07, 6.45) is 5.43. The quantitative estimate of drug-likeness (QED) is 0.380. The van der Waals surface area contributed by atoms with Crippen LogP contribution in [0.15, 0.2) is 11.2 Å². The van der Waals surface area contributed by atoms with Crippen LogP contribution in [0.5, 0.6) is 0 Å². The molecule has 23 heavy (non-hydrogen) atoms. The monoisotopic (exact) mass is 451 g/mol. The summed E-state index contributed by atoms with van der Waals surface area (Å²) in [4.78, 5) is 12.5. The molecule has 2 N–H and O–H groups in total. The first kappa shape index (κ1) is 20.6. The van der Waals surface area contributed by atoms with Gasteiger partial charge in [-0.15, -0.1) is 35.3 Å². The SMILES string of the molecule is CCCN1CCC(CNC(=NC)NCCc2ncc(C)s2)C1.I. The summed E-state index contributed by atoms with van der Waals surface area (Å²) in [6, 6.07) is 0. The van der Waals surface area contributed by atoms with Crippen molar-refractivity contribution in [1.82, 2.24) is 20.5 Å². The third-order valence-corrected chi connectivity index (χ3v) is 4.96. The zero-order valence-corrected chi connectivity index (χ0v) is 17.6. The van der Waals surface area contributed by atoms with E-state index in [0.717, 1.165) is 31.4 Å². The topological polar surface area (TPSA) is 52.5 Å². The number of hydrogen-bond donors (Lipinski definition) is 2. The van der Waals surface area contributed by atoms with E-state index in [1.807, 2.05) is 13.2 Å². The number of likely N-dealkylation sites (tertiary alicyclic amines) is 1. The lowest BCUT2D eigenvalue weighted by Gasteiger charge is -2.16. The van der Waals surface area contributed by atoms with Gasteiger partial charge < -0.3 is 15.5 Å². The van der Waals surface area contributed by atoms with E-state index in [1.54, 1.807) is 11.3 Å². The minimum Gasteiger partial charge on any atom is -0.356 e. The Morgan fingerprint density at radius 3 is 2.96 bits per heavy atom. The van der Waals surface area contributed by atoms with E-state index in [-0.39, 0.29) is 24.0 Å². The van der Waals surface area contributed by atoms with E-state index < -0.39 is 0 Å². The number of guanidine groups is 1. The fraction of sp³-hybridized carbons (Fsp3) is 0.750. The van der Waals surface area contributed by atoms with E-state index in [0.29, 0.717) is 0 Å². The summed E-state index contributed by atoms with van der Waals surface area (Å²) >= 11 is 1.77. The van der Waals surface area contributed by atoms with Gasteiger partial charge in [0.1, 0.15) is 0 Å². The van der Waals surface area contributed by atoms with Crippen LogP contribution in [0.25, 0.3) is 0 Å². The van der Waals surface area contributed by atoms with Crippen molar-refractivity contribution in [3.8, 4) is 0 Å². The predicted octanol–water partition coefficient (Wildman–Crippen LogP) is 2.51. The van der Waals surface area contributed by atoms with Gasteiger partial charge >= 0.3 is 0 Å². The summed E-state index contributed by atoms with van der Waals surface area (Å²) in [5.41, 5.74) is 0. The molecular formula is C16H30IN5S. The molecule has 2 heterocycles. The number of nitrogens with zero attached hydrogens (tertiary/aromatic N) is 3. The van der Waals surface area contributed by atoms with Crippen LogP contribution in [0.3, 0.4) is 0 Å². The Labute approximate surface area is 161 Å². The molecule has 0 spiro atoms. The Balaban J connectivity index is 0.00000264. The predicted molar refractivity (Wildman–Crippen MR) is 110 cm³/mol. The van der Waals surface area contributed by atoms with E-state index in [4.69, 9.17) is 0 Å².